The van der Waals surface area contributed by atoms with Crippen LogP contribution in [0.25, 0.3) is 32.9 Å². The van der Waals surface area contributed by atoms with Crippen LogP contribution in [0.2, 0.25) is 0 Å². The second-order valence-electron chi connectivity index (χ2n) is 8.14. The van der Waals surface area contributed by atoms with Crippen molar-refractivity contribution in [1.82, 2.24) is 20.3 Å². The van der Waals surface area contributed by atoms with Crippen LogP contribution >= 0.6 is 0 Å². The predicted molar refractivity (Wildman–Crippen MR) is 123 cm³/mol. The second-order valence-corrected chi connectivity index (χ2v) is 8.14. The molecule has 6 rings (SSSR count). The first-order chi connectivity index (χ1) is 15.7. The summed E-state index contributed by atoms with van der Waals surface area (Å²) >= 11 is 0. The van der Waals surface area contributed by atoms with Crippen molar-refractivity contribution in [2.24, 2.45) is 0 Å². The molecule has 158 valence electrons. The van der Waals surface area contributed by atoms with Crippen LogP contribution in [0.1, 0.15) is 24.4 Å². The molecule has 5 aromatic rings. The first kappa shape index (κ1) is 19.0. The quantitative estimate of drug-likeness (QED) is 0.364. The fourth-order valence-electron chi connectivity index (χ4n) is 4.48. The number of halogens is 1. The number of pyridine rings is 2. The van der Waals surface area contributed by atoms with E-state index < -0.39 is 0 Å². The molecule has 1 atom stereocenters. The topological polar surface area (TPSA) is 62.8 Å². The van der Waals surface area contributed by atoms with Crippen molar-refractivity contribution in [2.75, 3.05) is 6.54 Å². The molecule has 32 heavy (non-hydrogen) atoms. The number of hydrogen-bond acceptors (Lipinski definition) is 4. The van der Waals surface area contributed by atoms with Crippen LogP contribution in [0.5, 0.6) is 11.5 Å². The molecule has 2 aromatic carbocycles. The number of nitrogens with zero attached hydrogens (tertiary/aromatic N) is 2. The van der Waals surface area contributed by atoms with Crippen LogP contribution in [0.15, 0.2) is 73.3 Å². The largest absolute Gasteiger partial charge is 0.455 e. The molecule has 2 N–H and O–H groups in total. The molecule has 1 aliphatic rings. The third-order valence-electron chi connectivity index (χ3n) is 6.09. The monoisotopic (exact) mass is 424 g/mol. The zero-order valence-corrected chi connectivity index (χ0v) is 17.3. The van der Waals surface area contributed by atoms with Crippen molar-refractivity contribution < 1.29 is 9.13 Å². The van der Waals surface area contributed by atoms with E-state index in [2.05, 4.69) is 44.5 Å². The number of fused-ring (bicyclic) bond motifs is 2. The number of aromatic nitrogens is 3. The SMILES string of the molecule is Fc1ccc(Oc2c[nH]c3ncc(-c4cc(C5CCCN5)c5cnccc5c4)cc23)cc1. The first-order valence-corrected chi connectivity index (χ1v) is 10.8. The van der Waals surface area contributed by atoms with Gasteiger partial charge in [-0.2, -0.15) is 0 Å². The van der Waals surface area contributed by atoms with Crippen molar-refractivity contribution in [2.45, 2.75) is 18.9 Å². The average molecular weight is 424 g/mol. The molecular weight excluding hydrogens is 403 g/mol. The van der Waals surface area contributed by atoms with Crippen molar-refractivity contribution in [1.29, 1.82) is 0 Å². The number of aromatic amines is 1. The zero-order valence-electron chi connectivity index (χ0n) is 17.3. The Morgan fingerprint density at radius 2 is 1.88 bits per heavy atom. The molecule has 0 saturated carbocycles. The summed E-state index contributed by atoms with van der Waals surface area (Å²) in [5.41, 5.74) is 4.14. The molecule has 1 unspecified atom stereocenters. The van der Waals surface area contributed by atoms with Gasteiger partial charge in [-0.25, -0.2) is 9.37 Å². The molecule has 1 saturated heterocycles. The Labute approximate surface area is 184 Å². The van der Waals surface area contributed by atoms with Crippen LogP contribution in [-0.4, -0.2) is 21.5 Å². The molecule has 0 amide bonds. The van der Waals surface area contributed by atoms with Gasteiger partial charge in [0.05, 0.1) is 5.39 Å². The van der Waals surface area contributed by atoms with Gasteiger partial charge in [0, 0.05) is 41.8 Å². The zero-order chi connectivity index (χ0) is 21.5. The predicted octanol–water partition coefficient (Wildman–Crippen LogP) is 6.13. The fourth-order valence-corrected chi connectivity index (χ4v) is 4.48. The minimum atomic E-state index is -0.292. The number of hydrogen-bond donors (Lipinski definition) is 2. The average Bonchev–Trinajstić information content (AvgIpc) is 3.50. The molecule has 6 heteroatoms. The van der Waals surface area contributed by atoms with Crippen LogP contribution in [0.4, 0.5) is 4.39 Å². The van der Waals surface area contributed by atoms with Gasteiger partial charge in [-0.15, -0.1) is 0 Å². The number of benzene rings is 2. The van der Waals surface area contributed by atoms with Gasteiger partial charge >= 0.3 is 0 Å². The highest BCUT2D eigenvalue weighted by atomic mass is 19.1. The molecule has 0 aliphatic carbocycles. The summed E-state index contributed by atoms with van der Waals surface area (Å²) < 4.78 is 19.2. The van der Waals surface area contributed by atoms with Crippen molar-refractivity contribution in [3.8, 4) is 22.6 Å². The molecule has 1 fully saturated rings. The maximum atomic E-state index is 13.2. The maximum Gasteiger partial charge on any atom is 0.154 e. The third kappa shape index (κ3) is 3.39. The summed E-state index contributed by atoms with van der Waals surface area (Å²) in [5, 5.41) is 6.84. The summed E-state index contributed by atoms with van der Waals surface area (Å²) in [7, 11) is 0. The molecule has 0 spiro atoms. The van der Waals surface area contributed by atoms with Gasteiger partial charge in [0.2, 0.25) is 0 Å². The third-order valence-corrected chi connectivity index (χ3v) is 6.09. The Bertz CT molecular complexity index is 1420. The van der Waals surface area contributed by atoms with E-state index in [1.165, 1.54) is 29.5 Å². The normalized spacial score (nSPS) is 16.1. The lowest BCUT2D eigenvalue weighted by Crippen LogP contribution is -2.13. The van der Waals surface area contributed by atoms with Crippen LogP contribution in [-0.2, 0) is 0 Å². The van der Waals surface area contributed by atoms with E-state index in [4.69, 9.17) is 4.74 Å². The molecule has 1 aliphatic heterocycles. The molecule has 0 radical (unpaired) electrons. The van der Waals surface area contributed by atoms with E-state index in [0.717, 1.165) is 40.5 Å². The minimum Gasteiger partial charge on any atom is -0.455 e. The maximum absolute atomic E-state index is 13.2. The van der Waals surface area contributed by atoms with E-state index in [-0.39, 0.29) is 5.82 Å². The highest BCUT2D eigenvalue weighted by molar-refractivity contribution is 5.92. The molecule has 3 aromatic heterocycles. The molecule has 0 bridgehead atoms. The van der Waals surface area contributed by atoms with Gasteiger partial charge < -0.3 is 15.0 Å². The Kier molecular flexibility index (Phi) is 4.58. The van der Waals surface area contributed by atoms with Gasteiger partial charge in [0.25, 0.3) is 0 Å². The Morgan fingerprint density at radius 1 is 0.969 bits per heavy atom. The summed E-state index contributed by atoms with van der Waals surface area (Å²) in [4.78, 5) is 12.1. The van der Waals surface area contributed by atoms with Gasteiger partial charge in [0.1, 0.15) is 17.2 Å². The Hall–Kier alpha value is -3.77. The van der Waals surface area contributed by atoms with Crippen LogP contribution in [0.3, 0.4) is 0 Å². The summed E-state index contributed by atoms with van der Waals surface area (Å²) in [6.07, 6.45) is 9.76. The van der Waals surface area contributed by atoms with E-state index >= 15 is 0 Å². The molecule has 5 nitrogen and oxygen atoms in total. The van der Waals surface area contributed by atoms with E-state index in [9.17, 15) is 4.39 Å². The van der Waals surface area contributed by atoms with Gasteiger partial charge in [0.15, 0.2) is 5.75 Å². The number of nitrogens with one attached hydrogen (secondary N) is 2. The minimum absolute atomic E-state index is 0.292. The number of rotatable bonds is 4. The van der Waals surface area contributed by atoms with Crippen LogP contribution < -0.4 is 10.1 Å². The smallest absolute Gasteiger partial charge is 0.154 e. The van der Waals surface area contributed by atoms with Gasteiger partial charge in [-0.1, -0.05) is 0 Å². The number of H-pyrrole nitrogens is 1. The Morgan fingerprint density at radius 3 is 2.72 bits per heavy atom. The lowest BCUT2D eigenvalue weighted by Gasteiger charge is -2.16. The van der Waals surface area contributed by atoms with Gasteiger partial charge in [-0.05, 0) is 84.4 Å². The standard InChI is InChI=1S/C26H21FN4O/c27-19-3-5-20(6-4-19)32-25-15-31-26-22(25)12-18(13-30-26)17-10-16-7-9-28-14-23(16)21(11-17)24-2-1-8-29-24/h3-7,9-15,24,29H,1-2,8H2,(H,30,31). The summed E-state index contributed by atoms with van der Waals surface area (Å²) in [5.74, 6) is 0.938. The van der Waals surface area contributed by atoms with E-state index in [1.54, 1.807) is 18.3 Å². The van der Waals surface area contributed by atoms with Crippen LogP contribution in [0, 0.1) is 5.82 Å². The Balaban J connectivity index is 1.44. The lowest BCUT2D eigenvalue weighted by atomic mass is 9.94. The molecular formula is C26H21FN4O. The lowest BCUT2D eigenvalue weighted by molar-refractivity contribution is 0.486. The van der Waals surface area contributed by atoms with Crippen molar-refractivity contribution in [3.63, 3.8) is 0 Å². The fraction of sp³-hybridized carbons (Fsp3) is 0.154. The second kappa shape index (κ2) is 7.73. The number of ether oxygens (including phenoxy) is 1. The van der Waals surface area contributed by atoms with E-state index in [1.807, 2.05) is 18.6 Å². The van der Waals surface area contributed by atoms with Crippen molar-refractivity contribution >= 4 is 21.8 Å². The first-order valence-electron chi connectivity index (χ1n) is 10.8. The highest BCUT2D eigenvalue weighted by Gasteiger charge is 2.20. The summed E-state index contributed by atoms with van der Waals surface area (Å²) in [6.45, 7) is 1.04. The summed E-state index contributed by atoms with van der Waals surface area (Å²) in [6, 6.07) is 14.9. The van der Waals surface area contributed by atoms with E-state index in [0.29, 0.717) is 17.5 Å². The van der Waals surface area contributed by atoms with Gasteiger partial charge in [-0.3, -0.25) is 4.98 Å². The van der Waals surface area contributed by atoms with Crippen molar-refractivity contribution in [3.05, 3.63) is 84.7 Å². The molecule has 4 heterocycles. The highest BCUT2D eigenvalue weighted by Crippen LogP contribution is 2.36.